The van der Waals surface area contributed by atoms with Gasteiger partial charge in [0, 0.05) is 50.9 Å². The maximum atomic E-state index is 12.2. The molecule has 1 atom stereocenters. The molecule has 2 aliphatic heterocycles. The highest BCUT2D eigenvalue weighted by Gasteiger charge is 2.34. The quantitative estimate of drug-likeness (QED) is 0.410. The number of rotatable bonds is 6. The van der Waals surface area contributed by atoms with Gasteiger partial charge in [0.05, 0.1) is 12.3 Å². The average molecular weight is 456 g/mol. The number of piperazine rings is 1. The number of amidine groups is 1. The second-order valence-corrected chi connectivity index (χ2v) is 9.45. The van der Waals surface area contributed by atoms with Crippen LogP contribution >= 0.6 is 0 Å². The molecule has 0 aliphatic carbocycles. The van der Waals surface area contributed by atoms with Gasteiger partial charge in [-0.25, -0.2) is 13.2 Å². The standard InChI is InChI=1S/C17H25N5O4S.C2H4O2/c1-2-27(24,25)21-9-7-20(8-10-21)11-15-12-22(17(23)26-15)14-5-3-13(4-6-14)16(18)19;1-2(3)4/h3-6,15H,2,7-12H2,1H3,(H3,18,19);1H3,(H,3,4). The molecule has 0 aromatic heterocycles. The minimum absolute atomic E-state index is 0.0207. The lowest BCUT2D eigenvalue weighted by molar-refractivity contribution is -0.134. The van der Waals surface area contributed by atoms with Gasteiger partial charge in [-0.2, -0.15) is 4.31 Å². The number of hydrogen-bond acceptors (Lipinski definition) is 7. The summed E-state index contributed by atoms with van der Waals surface area (Å²) in [6.45, 7) is 5.93. The van der Waals surface area contributed by atoms with Gasteiger partial charge in [0.1, 0.15) is 11.9 Å². The lowest BCUT2D eigenvalue weighted by atomic mass is 10.2. The van der Waals surface area contributed by atoms with Gasteiger partial charge >= 0.3 is 6.09 Å². The van der Waals surface area contributed by atoms with Crippen LogP contribution in [0.15, 0.2) is 24.3 Å². The normalized spacial score (nSPS) is 20.0. The molecule has 1 amide bonds. The van der Waals surface area contributed by atoms with Gasteiger partial charge in [0.15, 0.2) is 0 Å². The second kappa shape index (κ2) is 10.6. The van der Waals surface area contributed by atoms with Crippen LogP contribution < -0.4 is 10.6 Å². The number of amides is 1. The molecule has 0 bridgehead atoms. The van der Waals surface area contributed by atoms with E-state index in [2.05, 4.69) is 4.90 Å². The molecular weight excluding hydrogens is 426 g/mol. The number of hydrogen-bond donors (Lipinski definition) is 3. The summed E-state index contributed by atoms with van der Waals surface area (Å²) in [5, 5.41) is 14.8. The fourth-order valence-electron chi connectivity index (χ4n) is 3.31. The number of carbonyl (C=O) groups excluding carboxylic acids is 1. The van der Waals surface area contributed by atoms with Crippen molar-refractivity contribution in [1.29, 1.82) is 5.41 Å². The SMILES string of the molecule is CC(=O)O.CCS(=O)(=O)N1CCN(CC2CN(c3ccc(C(=N)N)cc3)C(=O)O2)CC1. The Bertz CT molecular complexity index is 893. The minimum Gasteiger partial charge on any atom is -0.481 e. The van der Waals surface area contributed by atoms with Crippen LogP contribution in [0.5, 0.6) is 0 Å². The summed E-state index contributed by atoms with van der Waals surface area (Å²) >= 11 is 0. The van der Waals surface area contributed by atoms with E-state index in [4.69, 9.17) is 25.8 Å². The molecule has 31 heavy (non-hydrogen) atoms. The van der Waals surface area contributed by atoms with Gasteiger partial charge in [-0.3, -0.25) is 20.0 Å². The molecule has 2 aliphatic rings. The third-order valence-electron chi connectivity index (χ3n) is 4.92. The lowest BCUT2D eigenvalue weighted by Gasteiger charge is -2.34. The van der Waals surface area contributed by atoms with Crippen LogP contribution in [0.3, 0.4) is 0 Å². The van der Waals surface area contributed by atoms with Crippen LogP contribution in [0.2, 0.25) is 0 Å². The summed E-state index contributed by atoms with van der Waals surface area (Å²) in [6.07, 6.45) is -0.665. The molecule has 2 saturated heterocycles. The van der Waals surface area contributed by atoms with Crippen LogP contribution in [0.4, 0.5) is 10.5 Å². The number of carboxylic acids is 1. The largest absolute Gasteiger partial charge is 0.481 e. The van der Waals surface area contributed by atoms with E-state index in [9.17, 15) is 13.2 Å². The molecule has 2 heterocycles. The van der Waals surface area contributed by atoms with Crippen LogP contribution in [-0.4, -0.2) is 91.8 Å². The number of ether oxygens (including phenoxy) is 1. The smallest absolute Gasteiger partial charge is 0.414 e. The number of carboxylic acid groups (broad SMARTS) is 1. The Morgan fingerprint density at radius 1 is 1.23 bits per heavy atom. The summed E-state index contributed by atoms with van der Waals surface area (Å²) in [5.41, 5.74) is 6.75. The number of anilines is 1. The highest BCUT2D eigenvalue weighted by Crippen LogP contribution is 2.23. The molecule has 1 aromatic carbocycles. The predicted molar refractivity (Wildman–Crippen MR) is 116 cm³/mol. The van der Waals surface area contributed by atoms with Gasteiger partial charge in [0.25, 0.3) is 5.97 Å². The average Bonchev–Trinajstić information content (AvgIpc) is 3.08. The molecule has 3 rings (SSSR count). The Morgan fingerprint density at radius 3 is 2.26 bits per heavy atom. The Morgan fingerprint density at radius 2 is 1.77 bits per heavy atom. The van der Waals surface area contributed by atoms with Crippen molar-refractivity contribution < 1.29 is 27.9 Å². The summed E-state index contributed by atoms with van der Waals surface area (Å²) in [5.74, 6) is -0.738. The molecule has 11 nitrogen and oxygen atoms in total. The third-order valence-corrected chi connectivity index (χ3v) is 6.80. The van der Waals surface area contributed by atoms with E-state index in [1.165, 1.54) is 4.31 Å². The van der Waals surface area contributed by atoms with Gasteiger partial charge in [0.2, 0.25) is 10.0 Å². The van der Waals surface area contributed by atoms with Gasteiger partial charge < -0.3 is 15.6 Å². The Hall–Kier alpha value is -2.70. The number of sulfonamides is 1. The Balaban J connectivity index is 0.000000785. The maximum Gasteiger partial charge on any atom is 0.414 e. The van der Waals surface area contributed by atoms with Crippen molar-refractivity contribution in [2.75, 3.05) is 49.9 Å². The molecular formula is C19H29N5O6S. The first-order chi connectivity index (χ1) is 14.5. The van der Waals surface area contributed by atoms with Gasteiger partial charge in [-0.1, -0.05) is 0 Å². The van der Waals surface area contributed by atoms with Crippen molar-refractivity contribution in [1.82, 2.24) is 9.21 Å². The van der Waals surface area contributed by atoms with E-state index in [1.54, 1.807) is 36.1 Å². The van der Waals surface area contributed by atoms with Crippen molar-refractivity contribution in [3.8, 4) is 0 Å². The molecule has 12 heteroatoms. The first-order valence-electron chi connectivity index (χ1n) is 9.85. The topological polar surface area (TPSA) is 157 Å². The van der Waals surface area contributed by atoms with Gasteiger partial charge in [-0.05, 0) is 31.2 Å². The van der Waals surface area contributed by atoms with Gasteiger partial charge in [-0.15, -0.1) is 0 Å². The number of nitrogen functional groups attached to an aromatic ring is 1. The predicted octanol–water partition coefficient (Wildman–Crippen LogP) is 0.354. The lowest BCUT2D eigenvalue weighted by Crippen LogP contribution is -2.51. The number of aliphatic carboxylic acids is 1. The molecule has 0 saturated carbocycles. The molecule has 4 N–H and O–H groups in total. The summed E-state index contributed by atoms with van der Waals surface area (Å²) in [7, 11) is -3.15. The monoisotopic (exact) mass is 455 g/mol. The van der Waals surface area contributed by atoms with Crippen LogP contribution in [-0.2, 0) is 19.6 Å². The number of nitrogens with two attached hydrogens (primary N) is 1. The number of carbonyl (C=O) groups is 2. The minimum atomic E-state index is -3.15. The molecule has 1 unspecified atom stereocenters. The number of benzene rings is 1. The zero-order valence-corrected chi connectivity index (χ0v) is 18.5. The van der Waals surface area contributed by atoms with E-state index in [0.29, 0.717) is 50.5 Å². The third kappa shape index (κ3) is 6.91. The highest BCUT2D eigenvalue weighted by molar-refractivity contribution is 7.89. The molecule has 2 fully saturated rings. The zero-order valence-electron chi connectivity index (χ0n) is 17.7. The fraction of sp³-hybridized carbons (Fsp3) is 0.526. The first kappa shape index (κ1) is 24.6. The zero-order chi connectivity index (χ0) is 23.2. The highest BCUT2D eigenvalue weighted by atomic mass is 32.2. The number of nitrogens with zero attached hydrogens (tertiary/aromatic N) is 3. The van der Waals surface area contributed by atoms with Crippen LogP contribution in [0.25, 0.3) is 0 Å². The van der Waals surface area contributed by atoms with Crippen molar-refractivity contribution in [2.45, 2.75) is 20.0 Å². The van der Waals surface area contributed by atoms with E-state index >= 15 is 0 Å². The van der Waals surface area contributed by atoms with Crippen LogP contribution in [0.1, 0.15) is 19.4 Å². The second-order valence-electron chi connectivity index (χ2n) is 7.20. The summed E-state index contributed by atoms with van der Waals surface area (Å²) < 4.78 is 30.8. The van der Waals surface area contributed by atoms with E-state index in [-0.39, 0.29) is 17.7 Å². The van der Waals surface area contributed by atoms with E-state index < -0.39 is 22.1 Å². The maximum absolute atomic E-state index is 12.2. The van der Waals surface area contributed by atoms with Crippen molar-refractivity contribution in [3.05, 3.63) is 29.8 Å². The molecule has 1 aromatic rings. The molecule has 0 spiro atoms. The van der Waals surface area contributed by atoms with Crippen molar-refractivity contribution in [2.24, 2.45) is 5.73 Å². The summed E-state index contributed by atoms with van der Waals surface area (Å²) in [4.78, 5) is 24.9. The number of nitrogens with one attached hydrogen (secondary N) is 1. The van der Waals surface area contributed by atoms with Crippen molar-refractivity contribution >= 4 is 33.6 Å². The molecule has 172 valence electrons. The van der Waals surface area contributed by atoms with Crippen LogP contribution in [0, 0.1) is 5.41 Å². The Kier molecular flexibility index (Phi) is 8.36. The summed E-state index contributed by atoms with van der Waals surface area (Å²) in [6, 6.07) is 6.89. The molecule has 0 radical (unpaired) electrons. The number of cyclic esters (lactones) is 1. The first-order valence-corrected chi connectivity index (χ1v) is 11.5. The fourth-order valence-corrected chi connectivity index (χ4v) is 4.39. The Labute approximate surface area is 181 Å². The van der Waals surface area contributed by atoms with Crippen molar-refractivity contribution in [3.63, 3.8) is 0 Å². The van der Waals surface area contributed by atoms with E-state index in [0.717, 1.165) is 6.92 Å². The van der Waals surface area contributed by atoms with E-state index in [1.807, 2.05) is 0 Å².